The highest BCUT2D eigenvalue weighted by Gasteiger charge is 2.16. The van der Waals surface area contributed by atoms with E-state index in [0.717, 1.165) is 27.6 Å². The smallest absolute Gasteiger partial charge is 0.280 e. The number of aryl methyl sites for hydroxylation is 1. The fraction of sp³-hybridized carbons (Fsp3) is 0.0435. The molecule has 4 nitrogen and oxygen atoms in total. The Hall–Kier alpha value is -3.66. The Morgan fingerprint density at radius 1 is 0.778 bits per heavy atom. The summed E-state index contributed by atoms with van der Waals surface area (Å²) in [6, 6.07) is 25.9. The molecule has 0 saturated carbocycles. The SMILES string of the molecule is Cn1c(=O)c2nc(-c3ccc(-c4ccccc4)cc3)oc2c2ccccc21. The minimum absolute atomic E-state index is 0.153. The molecular weight excluding hydrogens is 336 g/mol. The maximum Gasteiger partial charge on any atom is 0.280 e. The minimum atomic E-state index is -0.153. The molecule has 5 rings (SSSR count). The van der Waals surface area contributed by atoms with Crippen LogP contribution in [0.15, 0.2) is 88.1 Å². The van der Waals surface area contributed by atoms with Gasteiger partial charge in [-0.3, -0.25) is 4.79 Å². The van der Waals surface area contributed by atoms with Crippen molar-refractivity contribution in [2.45, 2.75) is 0 Å². The van der Waals surface area contributed by atoms with Gasteiger partial charge < -0.3 is 8.98 Å². The molecule has 130 valence electrons. The van der Waals surface area contributed by atoms with Crippen molar-refractivity contribution in [1.82, 2.24) is 9.55 Å². The van der Waals surface area contributed by atoms with Crippen molar-refractivity contribution < 1.29 is 4.42 Å². The van der Waals surface area contributed by atoms with Crippen LogP contribution in [-0.4, -0.2) is 9.55 Å². The zero-order chi connectivity index (χ0) is 18.4. The van der Waals surface area contributed by atoms with E-state index in [9.17, 15) is 4.79 Å². The first-order valence-corrected chi connectivity index (χ1v) is 8.76. The van der Waals surface area contributed by atoms with Crippen LogP contribution in [0.1, 0.15) is 0 Å². The van der Waals surface area contributed by atoms with Gasteiger partial charge in [-0.2, -0.15) is 0 Å². The molecule has 0 unspecified atom stereocenters. The fourth-order valence-corrected chi connectivity index (χ4v) is 3.43. The number of rotatable bonds is 2. The van der Waals surface area contributed by atoms with Crippen molar-refractivity contribution in [3.05, 3.63) is 89.2 Å². The molecule has 0 spiro atoms. The molecule has 2 heterocycles. The van der Waals surface area contributed by atoms with E-state index in [4.69, 9.17) is 4.42 Å². The average molecular weight is 352 g/mol. The van der Waals surface area contributed by atoms with Crippen LogP contribution in [0.5, 0.6) is 0 Å². The number of para-hydroxylation sites is 1. The van der Waals surface area contributed by atoms with E-state index in [0.29, 0.717) is 17.0 Å². The number of aromatic nitrogens is 2. The van der Waals surface area contributed by atoms with Crippen molar-refractivity contribution in [3.63, 3.8) is 0 Å². The maximum absolute atomic E-state index is 12.7. The molecule has 27 heavy (non-hydrogen) atoms. The molecule has 0 bridgehead atoms. The number of nitrogens with zero attached hydrogens (tertiary/aromatic N) is 2. The number of oxazole rings is 1. The summed E-state index contributed by atoms with van der Waals surface area (Å²) in [5.41, 5.74) is 4.70. The molecule has 3 aromatic carbocycles. The number of fused-ring (bicyclic) bond motifs is 3. The Morgan fingerprint density at radius 2 is 1.41 bits per heavy atom. The standard InChI is InChI=1S/C23H16N2O2/c1-25-19-10-6-5-9-18(19)21-20(23(25)26)24-22(27-21)17-13-11-16(12-14-17)15-7-3-2-4-8-15/h2-14H,1H3. The van der Waals surface area contributed by atoms with Gasteiger partial charge in [0.25, 0.3) is 5.56 Å². The van der Waals surface area contributed by atoms with Crippen molar-refractivity contribution in [3.8, 4) is 22.6 Å². The summed E-state index contributed by atoms with van der Waals surface area (Å²) in [5.74, 6) is 0.457. The third-order valence-electron chi connectivity index (χ3n) is 4.88. The van der Waals surface area contributed by atoms with Crippen LogP contribution in [-0.2, 0) is 7.05 Å². The molecule has 2 aromatic heterocycles. The van der Waals surface area contributed by atoms with E-state index in [1.54, 1.807) is 11.6 Å². The largest absolute Gasteiger partial charge is 0.435 e. The Morgan fingerprint density at radius 3 is 2.19 bits per heavy atom. The molecular formula is C23H16N2O2. The summed E-state index contributed by atoms with van der Waals surface area (Å²) >= 11 is 0. The average Bonchev–Trinajstić information content (AvgIpc) is 3.19. The van der Waals surface area contributed by atoms with Crippen LogP contribution >= 0.6 is 0 Å². The predicted molar refractivity (Wildman–Crippen MR) is 108 cm³/mol. The Balaban J connectivity index is 1.67. The van der Waals surface area contributed by atoms with Gasteiger partial charge in [0, 0.05) is 18.0 Å². The highest BCUT2D eigenvalue weighted by atomic mass is 16.3. The molecule has 0 amide bonds. The quantitative estimate of drug-likeness (QED) is 0.448. The van der Waals surface area contributed by atoms with Gasteiger partial charge >= 0.3 is 0 Å². The van der Waals surface area contributed by atoms with Crippen molar-refractivity contribution in [2.75, 3.05) is 0 Å². The minimum Gasteiger partial charge on any atom is -0.435 e. The lowest BCUT2D eigenvalue weighted by atomic mass is 10.0. The van der Waals surface area contributed by atoms with Crippen LogP contribution in [0.2, 0.25) is 0 Å². The van der Waals surface area contributed by atoms with Crippen LogP contribution < -0.4 is 5.56 Å². The van der Waals surface area contributed by atoms with Crippen LogP contribution in [0.3, 0.4) is 0 Å². The Labute approximate surface area is 155 Å². The third kappa shape index (κ3) is 2.46. The Kier molecular flexibility index (Phi) is 3.44. The van der Waals surface area contributed by atoms with Gasteiger partial charge in [0.1, 0.15) is 0 Å². The second-order valence-corrected chi connectivity index (χ2v) is 6.52. The predicted octanol–water partition coefficient (Wildman–Crippen LogP) is 5.01. The zero-order valence-electron chi connectivity index (χ0n) is 14.7. The van der Waals surface area contributed by atoms with Crippen molar-refractivity contribution >= 4 is 22.0 Å². The molecule has 0 aliphatic heterocycles. The van der Waals surface area contributed by atoms with Gasteiger partial charge in [0.05, 0.1) is 5.52 Å². The third-order valence-corrected chi connectivity index (χ3v) is 4.88. The summed E-state index contributed by atoms with van der Waals surface area (Å²) in [5, 5.41) is 0.884. The molecule has 0 radical (unpaired) electrons. The molecule has 5 aromatic rings. The van der Waals surface area contributed by atoms with E-state index in [1.807, 2.05) is 66.7 Å². The highest BCUT2D eigenvalue weighted by Crippen LogP contribution is 2.29. The highest BCUT2D eigenvalue weighted by molar-refractivity contribution is 6.01. The lowest BCUT2D eigenvalue weighted by molar-refractivity contribution is 0.622. The van der Waals surface area contributed by atoms with E-state index in [-0.39, 0.29) is 5.56 Å². The molecule has 0 aliphatic carbocycles. The summed E-state index contributed by atoms with van der Waals surface area (Å²) < 4.78 is 7.64. The van der Waals surface area contributed by atoms with E-state index in [1.165, 1.54) is 0 Å². The Bertz CT molecular complexity index is 1330. The lowest BCUT2D eigenvalue weighted by Gasteiger charge is -2.03. The molecule has 0 aliphatic rings. The summed E-state index contributed by atoms with van der Waals surface area (Å²) in [6.45, 7) is 0. The van der Waals surface area contributed by atoms with E-state index in [2.05, 4.69) is 17.1 Å². The van der Waals surface area contributed by atoms with Gasteiger partial charge in [-0.1, -0.05) is 54.6 Å². The van der Waals surface area contributed by atoms with E-state index < -0.39 is 0 Å². The van der Waals surface area contributed by atoms with Crippen molar-refractivity contribution in [2.24, 2.45) is 7.05 Å². The normalized spacial score (nSPS) is 11.3. The molecule has 0 saturated heterocycles. The molecule has 0 fully saturated rings. The maximum atomic E-state index is 12.7. The summed E-state index contributed by atoms with van der Waals surface area (Å²) in [7, 11) is 1.76. The first-order chi connectivity index (χ1) is 13.2. The second-order valence-electron chi connectivity index (χ2n) is 6.52. The first kappa shape index (κ1) is 15.6. The van der Waals surface area contributed by atoms with Gasteiger partial charge in [-0.25, -0.2) is 4.98 Å². The van der Waals surface area contributed by atoms with Crippen LogP contribution in [0, 0.1) is 0 Å². The van der Waals surface area contributed by atoms with Crippen LogP contribution in [0.25, 0.3) is 44.6 Å². The van der Waals surface area contributed by atoms with E-state index >= 15 is 0 Å². The van der Waals surface area contributed by atoms with Gasteiger partial charge in [0.15, 0.2) is 11.1 Å². The number of hydrogen-bond acceptors (Lipinski definition) is 3. The monoisotopic (exact) mass is 352 g/mol. The topological polar surface area (TPSA) is 48.0 Å². The molecule has 4 heteroatoms. The summed E-state index contributed by atoms with van der Waals surface area (Å²) in [6.07, 6.45) is 0. The first-order valence-electron chi connectivity index (χ1n) is 8.76. The van der Waals surface area contributed by atoms with Gasteiger partial charge in [0.2, 0.25) is 5.89 Å². The van der Waals surface area contributed by atoms with Crippen molar-refractivity contribution in [1.29, 1.82) is 0 Å². The number of benzene rings is 3. The lowest BCUT2D eigenvalue weighted by Crippen LogP contribution is -2.17. The van der Waals surface area contributed by atoms with Crippen LogP contribution in [0.4, 0.5) is 0 Å². The second kappa shape index (κ2) is 5.95. The van der Waals surface area contributed by atoms with Gasteiger partial charge in [-0.15, -0.1) is 0 Å². The number of hydrogen-bond donors (Lipinski definition) is 0. The molecule has 0 N–H and O–H groups in total. The number of pyridine rings is 1. The van der Waals surface area contributed by atoms with Gasteiger partial charge in [-0.05, 0) is 35.4 Å². The zero-order valence-corrected chi connectivity index (χ0v) is 14.7. The summed E-state index contributed by atoms with van der Waals surface area (Å²) in [4.78, 5) is 17.2. The molecule has 0 atom stereocenters. The fourth-order valence-electron chi connectivity index (χ4n) is 3.43.